The number of hydrogen-bond donors (Lipinski definition) is 1. The molecule has 2 rings (SSSR count). The number of benzene rings is 1. The summed E-state index contributed by atoms with van der Waals surface area (Å²) >= 11 is 0. The highest BCUT2D eigenvalue weighted by atomic mass is 15.0. The number of rotatable bonds is 7. The molecule has 1 aromatic heterocycles. The van der Waals surface area contributed by atoms with Gasteiger partial charge in [-0.05, 0) is 30.5 Å². The van der Waals surface area contributed by atoms with Gasteiger partial charge in [0.2, 0.25) is 0 Å². The summed E-state index contributed by atoms with van der Waals surface area (Å²) in [6.07, 6.45) is 7.51. The minimum atomic E-state index is 0.941. The third-order valence-electron chi connectivity index (χ3n) is 3.49. The van der Waals surface area contributed by atoms with Gasteiger partial charge in [0, 0.05) is 19.3 Å². The molecular weight excluding hydrogens is 220 g/mol. The number of para-hydroxylation sites is 1. The zero-order valence-electron chi connectivity index (χ0n) is 11.6. The molecule has 2 aromatic rings. The first-order valence-electron chi connectivity index (χ1n) is 7.08. The van der Waals surface area contributed by atoms with Crippen molar-refractivity contribution in [3.63, 3.8) is 0 Å². The molecule has 0 radical (unpaired) electrons. The Morgan fingerprint density at radius 1 is 1.11 bits per heavy atom. The third kappa shape index (κ3) is 2.94. The Morgan fingerprint density at radius 3 is 2.78 bits per heavy atom. The van der Waals surface area contributed by atoms with Crippen LogP contribution in [0, 0.1) is 0 Å². The second kappa shape index (κ2) is 6.60. The molecule has 0 bridgehead atoms. The predicted molar refractivity (Wildman–Crippen MR) is 78.8 cm³/mol. The summed E-state index contributed by atoms with van der Waals surface area (Å²) in [5, 5.41) is 4.62. The van der Waals surface area contributed by atoms with Crippen molar-refractivity contribution in [3.05, 3.63) is 36.0 Å². The van der Waals surface area contributed by atoms with Crippen molar-refractivity contribution in [2.24, 2.45) is 0 Å². The molecular formula is C16H24N2. The Balaban J connectivity index is 2.16. The molecule has 0 fully saturated rings. The molecule has 1 aromatic carbocycles. The van der Waals surface area contributed by atoms with Crippen molar-refractivity contribution in [1.82, 2.24) is 9.88 Å². The molecule has 0 unspecified atom stereocenters. The van der Waals surface area contributed by atoms with Crippen molar-refractivity contribution in [2.75, 3.05) is 7.05 Å². The number of hydrogen-bond acceptors (Lipinski definition) is 1. The SMILES string of the molecule is CCCCCCn1ccc2cccc(CNC)c21. The second-order valence-corrected chi connectivity index (χ2v) is 4.96. The van der Waals surface area contributed by atoms with Crippen LogP contribution in [0.1, 0.15) is 38.2 Å². The first kappa shape index (κ1) is 13.2. The van der Waals surface area contributed by atoms with E-state index in [0.717, 1.165) is 13.1 Å². The van der Waals surface area contributed by atoms with Crippen LogP contribution in [0.25, 0.3) is 10.9 Å². The van der Waals surface area contributed by atoms with Crippen LogP contribution in [0.2, 0.25) is 0 Å². The average Bonchev–Trinajstić information content (AvgIpc) is 2.80. The molecule has 0 aliphatic heterocycles. The van der Waals surface area contributed by atoms with Gasteiger partial charge in [-0.25, -0.2) is 0 Å². The summed E-state index contributed by atoms with van der Waals surface area (Å²) in [5.41, 5.74) is 2.80. The van der Waals surface area contributed by atoms with Crippen LogP contribution in [-0.2, 0) is 13.1 Å². The number of nitrogens with zero attached hydrogens (tertiary/aromatic N) is 1. The Hall–Kier alpha value is -1.28. The van der Waals surface area contributed by atoms with Crippen LogP contribution in [0.3, 0.4) is 0 Å². The maximum atomic E-state index is 3.26. The highest BCUT2D eigenvalue weighted by molar-refractivity contribution is 5.83. The van der Waals surface area contributed by atoms with Crippen molar-refractivity contribution >= 4 is 10.9 Å². The molecule has 0 aliphatic carbocycles. The summed E-state index contributed by atoms with van der Waals surface area (Å²) in [5.74, 6) is 0. The number of nitrogens with one attached hydrogen (secondary N) is 1. The van der Waals surface area contributed by atoms with Gasteiger partial charge >= 0.3 is 0 Å². The van der Waals surface area contributed by atoms with Crippen LogP contribution in [0.15, 0.2) is 30.5 Å². The zero-order chi connectivity index (χ0) is 12.8. The van der Waals surface area contributed by atoms with E-state index in [9.17, 15) is 0 Å². The minimum Gasteiger partial charge on any atom is -0.347 e. The van der Waals surface area contributed by atoms with E-state index >= 15 is 0 Å². The summed E-state index contributed by atoms with van der Waals surface area (Å²) in [4.78, 5) is 0. The lowest BCUT2D eigenvalue weighted by atomic mass is 10.1. The van der Waals surface area contributed by atoms with E-state index in [0.29, 0.717) is 0 Å². The maximum Gasteiger partial charge on any atom is 0.0525 e. The first-order chi connectivity index (χ1) is 8.86. The second-order valence-electron chi connectivity index (χ2n) is 4.96. The third-order valence-corrected chi connectivity index (χ3v) is 3.49. The molecule has 0 atom stereocenters. The zero-order valence-corrected chi connectivity index (χ0v) is 11.6. The molecule has 18 heavy (non-hydrogen) atoms. The van der Waals surface area contributed by atoms with E-state index in [2.05, 4.69) is 47.3 Å². The normalized spacial score (nSPS) is 11.2. The van der Waals surface area contributed by atoms with E-state index in [4.69, 9.17) is 0 Å². The molecule has 2 heteroatoms. The van der Waals surface area contributed by atoms with E-state index in [1.54, 1.807) is 0 Å². The molecule has 1 heterocycles. The molecule has 98 valence electrons. The van der Waals surface area contributed by atoms with Gasteiger partial charge in [0.1, 0.15) is 0 Å². The Morgan fingerprint density at radius 2 is 2.00 bits per heavy atom. The molecule has 0 amide bonds. The van der Waals surface area contributed by atoms with Gasteiger partial charge in [-0.15, -0.1) is 0 Å². The highest BCUT2D eigenvalue weighted by Crippen LogP contribution is 2.21. The molecule has 0 aliphatic rings. The van der Waals surface area contributed by atoms with Crippen LogP contribution in [0.5, 0.6) is 0 Å². The fraction of sp³-hybridized carbons (Fsp3) is 0.500. The summed E-state index contributed by atoms with van der Waals surface area (Å²) < 4.78 is 2.41. The standard InChI is InChI=1S/C16H24N2/c1-3-4-5-6-11-18-12-10-14-8-7-9-15(13-17-2)16(14)18/h7-10,12,17H,3-6,11,13H2,1-2H3. The van der Waals surface area contributed by atoms with Crippen molar-refractivity contribution in [2.45, 2.75) is 45.7 Å². The fourth-order valence-corrected chi connectivity index (χ4v) is 2.57. The van der Waals surface area contributed by atoms with Gasteiger partial charge in [-0.1, -0.05) is 44.4 Å². The molecule has 0 saturated carbocycles. The summed E-state index contributed by atoms with van der Waals surface area (Å²) in [7, 11) is 2.01. The lowest BCUT2D eigenvalue weighted by Crippen LogP contribution is -2.07. The van der Waals surface area contributed by atoms with Crippen molar-refractivity contribution in [3.8, 4) is 0 Å². The Kier molecular flexibility index (Phi) is 4.82. The Bertz CT molecular complexity index is 485. The van der Waals surface area contributed by atoms with Gasteiger partial charge in [0.05, 0.1) is 5.52 Å². The lowest BCUT2D eigenvalue weighted by molar-refractivity contribution is 0.592. The molecule has 0 spiro atoms. The quantitative estimate of drug-likeness (QED) is 0.730. The van der Waals surface area contributed by atoms with E-state index < -0.39 is 0 Å². The topological polar surface area (TPSA) is 17.0 Å². The van der Waals surface area contributed by atoms with E-state index in [1.807, 2.05) is 7.05 Å². The van der Waals surface area contributed by atoms with Gasteiger partial charge in [-0.3, -0.25) is 0 Å². The smallest absolute Gasteiger partial charge is 0.0525 e. The predicted octanol–water partition coefficient (Wildman–Crippen LogP) is 3.94. The van der Waals surface area contributed by atoms with Crippen molar-refractivity contribution < 1.29 is 0 Å². The highest BCUT2D eigenvalue weighted by Gasteiger charge is 2.05. The maximum absolute atomic E-state index is 3.26. The summed E-state index contributed by atoms with van der Waals surface area (Å²) in [6.45, 7) is 4.34. The van der Waals surface area contributed by atoms with Gasteiger partial charge < -0.3 is 9.88 Å². The van der Waals surface area contributed by atoms with Crippen molar-refractivity contribution in [1.29, 1.82) is 0 Å². The Labute approximate surface area is 110 Å². The lowest BCUT2D eigenvalue weighted by Gasteiger charge is -2.09. The molecule has 1 N–H and O–H groups in total. The molecule has 0 saturated heterocycles. The largest absolute Gasteiger partial charge is 0.347 e. The average molecular weight is 244 g/mol. The van der Waals surface area contributed by atoms with Crippen LogP contribution >= 0.6 is 0 Å². The monoisotopic (exact) mass is 244 g/mol. The van der Waals surface area contributed by atoms with Crippen LogP contribution < -0.4 is 5.32 Å². The van der Waals surface area contributed by atoms with Gasteiger partial charge in [-0.2, -0.15) is 0 Å². The number of aryl methyl sites for hydroxylation is 1. The van der Waals surface area contributed by atoms with E-state index in [-0.39, 0.29) is 0 Å². The minimum absolute atomic E-state index is 0.941. The van der Waals surface area contributed by atoms with Crippen LogP contribution in [-0.4, -0.2) is 11.6 Å². The van der Waals surface area contributed by atoms with Gasteiger partial charge in [0.15, 0.2) is 0 Å². The first-order valence-corrected chi connectivity index (χ1v) is 7.08. The number of aromatic nitrogens is 1. The number of unbranched alkanes of at least 4 members (excludes halogenated alkanes) is 3. The fourth-order valence-electron chi connectivity index (χ4n) is 2.57. The number of fused-ring (bicyclic) bond motifs is 1. The summed E-state index contributed by atoms with van der Waals surface area (Å²) in [6, 6.07) is 8.81. The molecule has 2 nitrogen and oxygen atoms in total. The van der Waals surface area contributed by atoms with E-state index in [1.165, 1.54) is 42.1 Å². The van der Waals surface area contributed by atoms with Gasteiger partial charge in [0.25, 0.3) is 0 Å². The van der Waals surface area contributed by atoms with Crippen LogP contribution in [0.4, 0.5) is 0 Å².